The highest BCUT2D eigenvalue weighted by Gasteiger charge is 2.27. The molecule has 1 atom stereocenters. The van der Waals surface area contributed by atoms with Crippen LogP contribution in [0.2, 0.25) is 0 Å². The average molecular weight is 288 g/mol. The van der Waals surface area contributed by atoms with E-state index in [4.69, 9.17) is 22.7 Å². The van der Waals surface area contributed by atoms with Crippen LogP contribution in [0.5, 0.6) is 0 Å². The van der Waals surface area contributed by atoms with Gasteiger partial charge in [-0.05, 0) is 19.8 Å². The van der Waals surface area contributed by atoms with Gasteiger partial charge in [0.2, 0.25) is 5.91 Å². The topological polar surface area (TPSA) is 72.6 Å². The monoisotopic (exact) mass is 288 g/mol. The van der Waals surface area contributed by atoms with Gasteiger partial charge in [0, 0.05) is 6.54 Å². The summed E-state index contributed by atoms with van der Waals surface area (Å²) in [4.78, 5) is 25.5. The Bertz CT molecular complexity index is 321. The minimum absolute atomic E-state index is 0.0384. The number of amides is 1. The first kappa shape index (κ1) is 17.8. The minimum Gasteiger partial charge on any atom is -0.465 e. The Kier molecular flexibility index (Phi) is 9.12. The van der Waals surface area contributed by atoms with Gasteiger partial charge in [0.15, 0.2) is 0 Å². The fourth-order valence-electron chi connectivity index (χ4n) is 1.80. The molecule has 0 radical (unpaired) electrons. The van der Waals surface area contributed by atoms with Gasteiger partial charge in [-0.3, -0.25) is 9.59 Å². The largest absolute Gasteiger partial charge is 0.465 e. The Balaban J connectivity index is 4.78. The molecule has 5 nitrogen and oxygen atoms in total. The van der Waals surface area contributed by atoms with Gasteiger partial charge in [-0.1, -0.05) is 32.5 Å². The first-order valence-corrected chi connectivity index (χ1v) is 7.12. The number of nitrogens with two attached hydrogens (primary N) is 1. The second-order valence-corrected chi connectivity index (χ2v) is 4.78. The van der Waals surface area contributed by atoms with E-state index < -0.39 is 11.9 Å². The molecule has 19 heavy (non-hydrogen) atoms. The standard InChI is InChI=1S/C13H24N2O3S/c1-4-7-10(12(14)19)13(17)15(8-5-2)9-11(16)18-6-3/h10H,4-9H2,1-3H3,(H2,14,19). The Morgan fingerprint density at radius 2 is 1.89 bits per heavy atom. The molecule has 0 bridgehead atoms. The summed E-state index contributed by atoms with van der Waals surface area (Å²) in [5.41, 5.74) is 5.61. The van der Waals surface area contributed by atoms with Crippen molar-refractivity contribution in [3.05, 3.63) is 0 Å². The van der Waals surface area contributed by atoms with Crippen molar-refractivity contribution >= 4 is 29.1 Å². The summed E-state index contributed by atoms with van der Waals surface area (Å²) in [5.74, 6) is -1.06. The predicted molar refractivity (Wildman–Crippen MR) is 78.7 cm³/mol. The van der Waals surface area contributed by atoms with Crippen molar-refractivity contribution in [3.8, 4) is 0 Å². The maximum absolute atomic E-state index is 12.4. The molecule has 2 N–H and O–H groups in total. The van der Waals surface area contributed by atoms with Crippen LogP contribution in [0.1, 0.15) is 40.0 Å². The number of esters is 1. The number of carbonyl (C=O) groups is 2. The third kappa shape index (κ3) is 6.52. The molecule has 0 aromatic heterocycles. The molecule has 0 rings (SSSR count). The number of rotatable bonds is 9. The molecule has 0 fully saturated rings. The fraction of sp³-hybridized carbons (Fsp3) is 0.769. The molecule has 0 saturated heterocycles. The van der Waals surface area contributed by atoms with Crippen LogP contribution in [0.4, 0.5) is 0 Å². The van der Waals surface area contributed by atoms with Crippen LogP contribution in [0, 0.1) is 5.92 Å². The van der Waals surface area contributed by atoms with Crippen LogP contribution in [0.15, 0.2) is 0 Å². The van der Waals surface area contributed by atoms with Crippen molar-refractivity contribution in [1.29, 1.82) is 0 Å². The van der Waals surface area contributed by atoms with Gasteiger partial charge < -0.3 is 15.4 Å². The van der Waals surface area contributed by atoms with E-state index in [-0.39, 0.29) is 17.4 Å². The second-order valence-electron chi connectivity index (χ2n) is 4.31. The molecule has 0 spiro atoms. The van der Waals surface area contributed by atoms with Crippen LogP contribution in [-0.2, 0) is 14.3 Å². The summed E-state index contributed by atoms with van der Waals surface area (Å²) in [7, 11) is 0. The van der Waals surface area contributed by atoms with Crippen molar-refractivity contribution < 1.29 is 14.3 Å². The summed E-state index contributed by atoms with van der Waals surface area (Å²) < 4.78 is 4.87. The van der Waals surface area contributed by atoms with Crippen molar-refractivity contribution in [3.63, 3.8) is 0 Å². The predicted octanol–water partition coefficient (Wildman–Crippen LogP) is 1.49. The van der Waals surface area contributed by atoms with Crippen molar-refractivity contribution in [1.82, 2.24) is 4.90 Å². The third-order valence-corrected chi connectivity index (χ3v) is 2.93. The number of carbonyl (C=O) groups excluding carboxylic acids is 2. The fourth-order valence-corrected chi connectivity index (χ4v) is 2.01. The van der Waals surface area contributed by atoms with Gasteiger partial charge in [0.25, 0.3) is 0 Å². The van der Waals surface area contributed by atoms with Gasteiger partial charge in [-0.25, -0.2) is 0 Å². The summed E-state index contributed by atoms with van der Waals surface area (Å²) in [5, 5.41) is 0. The summed E-state index contributed by atoms with van der Waals surface area (Å²) in [6, 6.07) is 0. The smallest absolute Gasteiger partial charge is 0.325 e. The SMILES string of the molecule is CCCC(C(=O)N(CCC)CC(=O)OCC)C(N)=S. The van der Waals surface area contributed by atoms with Crippen molar-refractivity contribution in [2.45, 2.75) is 40.0 Å². The number of thiocarbonyl (C=S) groups is 1. The molecule has 0 aliphatic rings. The lowest BCUT2D eigenvalue weighted by atomic mass is 10.0. The zero-order chi connectivity index (χ0) is 14.8. The molecule has 0 aromatic rings. The molecule has 0 aliphatic carbocycles. The van der Waals surface area contributed by atoms with Crippen molar-refractivity contribution in [2.24, 2.45) is 11.7 Å². The van der Waals surface area contributed by atoms with Gasteiger partial charge in [0.1, 0.15) is 6.54 Å². The Morgan fingerprint density at radius 1 is 1.26 bits per heavy atom. The first-order valence-electron chi connectivity index (χ1n) is 6.71. The molecular formula is C13H24N2O3S. The maximum Gasteiger partial charge on any atom is 0.325 e. The normalized spacial score (nSPS) is 11.7. The molecule has 6 heteroatoms. The lowest BCUT2D eigenvalue weighted by molar-refractivity contribution is -0.149. The summed E-state index contributed by atoms with van der Waals surface area (Å²) in [6.07, 6.45) is 2.19. The molecule has 1 unspecified atom stereocenters. The Labute approximate surface area is 120 Å². The zero-order valence-corrected chi connectivity index (χ0v) is 12.8. The van der Waals surface area contributed by atoms with E-state index >= 15 is 0 Å². The number of hydrogen-bond acceptors (Lipinski definition) is 4. The lowest BCUT2D eigenvalue weighted by Gasteiger charge is -2.25. The highest BCUT2D eigenvalue weighted by atomic mass is 32.1. The van der Waals surface area contributed by atoms with E-state index in [0.29, 0.717) is 19.6 Å². The van der Waals surface area contributed by atoms with E-state index in [0.717, 1.165) is 12.8 Å². The maximum atomic E-state index is 12.4. The van der Waals surface area contributed by atoms with E-state index in [9.17, 15) is 9.59 Å². The van der Waals surface area contributed by atoms with Crippen LogP contribution >= 0.6 is 12.2 Å². The van der Waals surface area contributed by atoms with E-state index in [2.05, 4.69) is 0 Å². The van der Waals surface area contributed by atoms with Crippen LogP contribution in [-0.4, -0.2) is 41.5 Å². The number of nitrogens with zero attached hydrogens (tertiary/aromatic N) is 1. The third-order valence-electron chi connectivity index (χ3n) is 2.65. The van der Waals surface area contributed by atoms with Gasteiger partial charge in [-0.15, -0.1) is 0 Å². The molecule has 0 saturated carbocycles. The summed E-state index contributed by atoms with van der Waals surface area (Å²) in [6.45, 7) is 6.42. The second kappa shape index (κ2) is 9.72. The van der Waals surface area contributed by atoms with E-state index in [1.165, 1.54) is 4.90 Å². The molecule has 0 heterocycles. The van der Waals surface area contributed by atoms with Crippen molar-refractivity contribution in [2.75, 3.05) is 19.7 Å². The number of ether oxygens (including phenoxy) is 1. The van der Waals surface area contributed by atoms with E-state index in [1.807, 2.05) is 13.8 Å². The Hall–Kier alpha value is -1.17. The highest BCUT2D eigenvalue weighted by molar-refractivity contribution is 7.80. The van der Waals surface area contributed by atoms with Gasteiger partial charge in [0.05, 0.1) is 17.5 Å². The van der Waals surface area contributed by atoms with E-state index in [1.54, 1.807) is 6.92 Å². The van der Waals surface area contributed by atoms with Crippen LogP contribution in [0.25, 0.3) is 0 Å². The Morgan fingerprint density at radius 3 is 2.32 bits per heavy atom. The van der Waals surface area contributed by atoms with Gasteiger partial charge in [-0.2, -0.15) is 0 Å². The molecule has 110 valence electrons. The molecule has 1 amide bonds. The quantitative estimate of drug-likeness (QED) is 0.514. The van der Waals surface area contributed by atoms with Crippen LogP contribution < -0.4 is 5.73 Å². The van der Waals surface area contributed by atoms with Crippen LogP contribution in [0.3, 0.4) is 0 Å². The minimum atomic E-state index is -0.485. The zero-order valence-electron chi connectivity index (χ0n) is 12.0. The molecular weight excluding hydrogens is 264 g/mol. The first-order chi connectivity index (χ1) is 8.97. The molecule has 0 aromatic carbocycles. The summed E-state index contributed by atoms with van der Waals surface area (Å²) >= 11 is 4.94. The lowest BCUT2D eigenvalue weighted by Crippen LogP contribution is -2.44. The number of hydrogen-bond donors (Lipinski definition) is 1. The highest BCUT2D eigenvalue weighted by Crippen LogP contribution is 2.12. The average Bonchev–Trinajstić information content (AvgIpc) is 2.34. The van der Waals surface area contributed by atoms with Gasteiger partial charge >= 0.3 is 5.97 Å². The molecule has 0 aliphatic heterocycles.